The summed E-state index contributed by atoms with van der Waals surface area (Å²) in [7, 11) is -2.99. The molecule has 0 amide bonds. The van der Waals surface area contributed by atoms with Gasteiger partial charge in [-0.3, -0.25) is 4.98 Å². The highest BCUT2D eigenvalue weighted by Crippen LogP contribution is 2.26. The zero-order valence-electron chi connectivity index (χ0n) is 14.5. The van der Waals surface area contributed by atoms with Crippen LogP contribution in [-0.2, 0) is 22.8 Å². The molecule has 26 heavy (non-hydrogen) atoms. The largest absolute Gasteiger partial charge is 0.335 e. The van der Waals surface area contributed by atoms with Crippen LogP contribution in [0.15, 0.2) is 36.9 Å². The van der Waals surface area contributed by atoms with Crippen LogP contribution in [0.25, 0.3) is 11.4 Å². The van der Waals surface area contributed by atoms with Gasteiger partial charge in [0, 0.05) is 43.3 Å². The van der Waals surface area contributed by atoms with Crippen LogP contribution in [0.5, 0.6) is 0 Å². The Balaban J connectivity index is 1.66. The van der Waals surface area contributed by atoms with Gasteiger partial charge in [0.15, 0.2) is 15.7 Å². The SMILES string of the molecule is Cc1nccn1CCc1nc(-c2ccncc2)nn1C1CCS(=O)(=O)C1. The van der Waals surface area contributed by atoms with Crippen LogP contribution in [0.2, 0.25) is 0 Å². The van der Waals surface area contributed by atoms with E-state index in [0.29, 0.717) is 18.7 Å². The monoisotopic (exact) mass is 372 g/mol. The van der Waals surface area contributed by atoms with E-state index in [1.165, 1.54) is 0 Å². The number of nitrogens with zero attached hydrogens (tertiary/aromatic N) is 6. The lowest BCUT2D eigenvalue weighted by atomic mass is 10.2. The highest BCUT2D eigenvalue weighted by atomic mass is 32.2. The van der Waals surface area contributed by atoms with Crippen LogP contribution >= 0.6 is 0 Å². The maximum Gasteiger partial charge on any atom is 0.181 e. The summed E-state index contributed by atoms with van der Waals surface area (Å²) in [6, 6.07) is 3.56. The van der Waals surface area contributed by atoms with Crippen LogP contribution in [0, 0.1) is 6.92 Å². The molecule has 3 aromatic rings. The van der Waals surface area contributed by atoms with Crippen molar-refractivity contribution in [3.63, 3.8) is 0 Å². The van der Waals surface area contributed by atoms with E-state index in [0.717, 1.165) is 23.8 Å². The molecule has 0 spiro atoms. The molecule has 0 radical (unpaired) electrons. The van der Waals surface area contributed by atoms with Crippen molar-refractivity contribution < 1.29 is 8.42 Å². The highest BCUT2D eigenvalue weighted by Gasteiger charge is 2.31. The van der Waals surface area contributed by atoms with E-state index in [9.17, 15) is 8.42 Å². The molecule has 1 aliphatic heterocycles. The van der Waals surface area contributed by atoms with Crippen molar-refractivity contribution in [2.45, 2.75) is 32.4 Å². The molecule has 1 atom stereocenters. The number of sulfone groups is 1. The average molecular weight is 372 g/mol. The van der Waals surface area contributed by atoms with Crippen LogP contribution < -0.4 is 0 Å². The summed E-state index contributed by atoms with van der Waals surface area (Å²) in [6.07, 6.45) is 8.34. The number of aryl methyl sites for hydroxylation is 3. The van der Waals surface area contributed by atoms with Gasteiger partial charge in [-0.15, -0.1) is 0 Å². The highest BCUT2D eigenvalue weighted by molar-refractivity contribution is 7.91. The van der Waals surface area contributed by atoms with E-state index < -0.39 is 9.84 Å². The van der Waals surface area contributed by atoms with E-state index in [4.69, 9.17) is 4.98 Å². The number of imidazole rings is 1. The number of aromatic nitrogens is 6. The van der Waals surface area contributed by atoms with Crippen LogP contribution in [0.1, 0.15) is 24.1 Å². The molecule has 1 unspecified atom stereocenters. The van der Waals surface area contributed by atoms with Gasteiger partial charge in [-0.2, -0.15) is 5.10 Å². The maximum atomic E-state index is 11.9. The molecule has 136 valence electrons. The summed E-state index contributed by atoms with van der Waals surface area (Å²) in [5.74, 6) is 2.68. The molecule has 0 saturated carbocycles. The topological polar surface area (TPSA) is 95.6 Å². The fourth-order valence-corrected chi connectivity index (χ4v) is 4.96. The Hall–Kier alpha value is -2.55. The molecule has 0 aliphatic carbocycles. The molecule has 0 aromatic carbocycles. The third kappa shape index (κ3) is 3.39. The van der Waals surface area contributed by atoms with E-state index in [-0.39, 0.29) is 17.5 Å². The van der Waals surface area contributed by atoms with Gasteiger partial charge in [0.2, 0.25) is 0 Å². The first-order valence-corrected chi connectivity index (χ1v) is 10.4. The van der Waals surface area contributed by atoms with E-state index >= 15 is 0 Å². The van der Waals surface area contributed by atoms with Gasteiger partial charge in [-0.25, -0.2) is 23.1 Å². The summed E-state index contributed by atoms with van der Waals surface area (Å²) in [4.78, 5) is 13.0. The van der Waals surface area contributed by atoms with Crippen molar-refractivity contribution in [3.8, 4) is 11.4 Å². The van der Waals surface area contributed by atoms with E-state index in [1.807, 2.05) is 29.9 Å². The van der Waals surface area contributed by atoms with Crippen molar-refractivity contribution in [3.05, 3.63) is 48.6 Å². The Morgan fingerprint density at radius 1 is 1.23 bits per heavy atom. The summed E-state index contributed by atoms with van der Waals surface area (Å²) in [6.45, 7) is 2.68. The van der Waals surface area contributed by atoms with Crippen molar-refractivity contribution in [2.24, 2.45) is 0 Å². The fourth-order valence-electron chi connectivity index (χ4n) is 3.27. The quantitative estimate of drug-likeness (QED) is 0.673. The van der Waals surface area contributed by atoms with Gasteiger partial charge >= 0.3 is 0 Å². The second-order valence-electron chi connectivity index (χ2n) is 6.51. The Labute approximate surface area is 151 Å². The Bertz CT molecular complexity index is 1010. The van der Waals surface area contributed by atoms with Gasteiger partial charge < -0.3 is 4.57 Å². The smallest absolute Gasteiger partial charge is 0.181 e. The molecule has 1 aliphatic rings. The second-order valence-corrected chi connectivity index (χ2v) is 8.74. The Morgan fingerprint density at radius 3 is 2.69 bits per heavy atom. The molecule has 1 fully saturated rings. The first-order chi connectivity index (χ1) is 12.5. The molecule has 4 rings (SSSR count). The summed E-state index contributed by atoms with van der Waals surface area (Å²) in [5.41, 5.74) is 0.875. The zero-order valence-corrected chi connectivity index (χ0v) is 15.3. The van der Waals surface area contributed by atoms with Gasteiger partial charge in [-0.1, -0.05) is 0 Å². The Morgan fingerprint density at radius 2 is 2.04 bits per heavy atom. The lowest BCUT2D eigenvalue weighted by Gasteiger charge is -2.12. The van der Waals surface area contributed by atoms with Crippen molar-refractivity contribution in [1.82, 2.24) is 29.3 Å². The first-order valence-electron chi connectivity index (χ1n) is 8.56. The summed E-state index contributed by atoms with van der Waals surface area (Å²) in [5, 5.41) is 4.64. The van der Waals surface area contributed by atoms with Gasteiger partial charge in [0.05, 0.1) is 17.5 Å². The van der Waals surface area contributed by atoms with Crippen molar-refractivity contribution >= 4 is 9.84 Å². The molecule has 0 N–H and O–H groups in total. The van der Waals surface area contributed by atoms with Crippen LogP contribution in [0.3, 0.4) is 0 Å². The average Bonchev–Trinajstić information content (AvgIpc) is 3.32. The lowest BCUT2D eigenvalue weighted by molar-refractivity contribution is 0.469. The predicted molar refractivity (Wildman–Crippen MR) is 96.2 cm³/mol. The third-order valence-electron chi connectivity index (χ3n) is 4.69. The third-order valence-corrected chi connectivity index (χ3v) is 6.44. The molecule has 9 heteroatoms. The van der Waals surface area contributed by atoms with E-state index in [1.54, 1.807) is 18.6 Å². The Kier molecular flexibility index (Phi) is 4.31. The molecular weight excluding hydrogens is 352 g/mol. The number of hydrogen-bond acceptors (Lipinski definition) is 6. The predicted octanol–water partition coefficient (Wildman–Crippen LogP) is 1.45. The van der Waals surface area contributed by atoms with Crippen molar-refractivity contribution in [2.75, 3.05) is 11.5 Å². The van der Waals surface area contributed by atoms with Gasteiger partial charge in [0.1, 0.15) is 11.6 Å². The minimum Gasteiger partial charge on any atom is -0.335 e. The second kappa shape index (κ2) is 6.64. The maximum absolute atomic E-state index is 11.9. The zero-order chi connectivity index (χ0) is 18.1. The molecule has 8 nitrogen and oxygen atoms in total. The number of pyridine rings is 1. The summed E-state index contributed by atoms with van der Waals surface area (Å²) < 4.78 is 27.7. The van der Waals surface area contributed by atoms with Gasteiger partial charge in [-0.05, 0) is 25.5 Å². The number of hydrogen-bond donors (Lipinski definition) is 0. The summed E-state index contributed by atoms with van der Waals surface area (Å²) >= 11 is 0. The minimum absolute atomic E-state index is 0.128. The molecule has 0 bridgehead atoms. The van der Waals surface area contributed by atoms with Crippen LogP contribution in [0.4, 0.5) is 0 Å². The van der Waals surface area contributed by atoms with Crippen LogP contribution in [-0.4, -0.2) is 49.2 Å². The molecule has 4 heterocycles. The molecule has 1 saturated heterocycles. The standard InChI is InChI=1S/C17H20N6O2S/c1-13-19-8-10-22(13)9-4-16-20-17(14-2-6-18-7-3-14)21-23(16)15-5-11-26(24,25)12-15/h2-3,6-8,10,15H,4-5,9,11-12H2,1H3. The molecule has 3 aromatic heterocycles. The van der Waals surface area contributed by atoms with Gasteiger partial charge in [0.25, 0.3) is 0 Å². The lowest BCUT2D eigenvalue weighted by Crippen LogP contribution is -2.17. The first kappa shape index (κ1) is 16.9. The normalized spacial score (nSPS) is 19.0. The minimum atomic E-state index is -2.99. The number of rotatable bonds is 5. The fraction of sp³-hybridized carbons (Fsp3) is 0.412. The molecular formula is C17H20N6O2S. The van der Waals surface area contributed by atoms with Crippen molar-refractivity contribution in [1.29, 1.82) is 0 Å². The van der Waals surface area contributed by atoms with E-state index in [2.05, 4.69) is 19.6 Å².